The maximum absolute atomic E-state index is 5.64. The number of rotatable bonds is 4. The molecule has 1 aromatic carbocycles. The highest BCUT2D eigenvalue weighted by Crippen LogP contribution is 2.27. The molecule has 0 aliphatic rings. The molecular formula is C15H10N2O3S. The maximum atomic E-state index is 5.64. The molecule has 3 aromatic heterocycles. The smallest absolute Gasteiger partial charge is 0.257 e. The molecule has 0 unspecified atom stereocenters. The van der Waals surface area contributed by atoms with E-state index in [-0.39, 0.29) is 0 Å². The van der Waals surface area contributed by atoms with Crippen molar-refractivity contribution in [2.45, 2.75) is 11.0 Å². The number of hydrogen-bond donors (Lipinski definition) is 0. The summed E-state index contributed by atoms with van der Waals surface area (Å²) in [6.07, 6.45) is 1.60. The Morgan fingerprint density at radius 3 is 2.86 bits per heavy atom. The summed E-state index contributed by atoms with van der Waals surface area (Å²) in [7, 11) is 0. The van der Waals surface area contributed by atoms with E-state index < -0.39 is 0 Å². The molecule has 0 aliphatic carbocycles. The van der Waals surface area contributed by atoms with E-state index in [1.807, 2.05) is 42.5 Å². The fourth-order valence-electron chi connectivity index (χ4n) is 1.96. The van der Waals surface area contributed by atoms with Gasteiger partial charge in [0.25, 0.3) is 5.22 Å². The fraction of sp³-hybridized carbons (Fsp3) is 0.0667. The molecule has 5 nitrogen and oxygen atoms in total. The molecule has 4 rings (SSSR count). The highest BCUT2D eigenvalue weighted by atomic mass is 32.2. The van der Waals surface area contributed by atoms with Crippen LogP contribution in [0.2, 0.25) is 0 Å². The average Bonchev–Trinajstić information content (AvgIpc) is 3.23. The van der Waals surface area contributed by atoms with E-state index in [0.29, 0.717) is 22.5 Å². The van der Waals surface area contributed by atoms with E-state index in [9.17, 15) is 0 Å². The summed E-state index contributed by atoms with van der Waals surface area (Å²) in [5, 5.41) is 4.64. The predicted molar refractivity (Wildman–Crippen MR) is 77.8 cm³/mol. The lowest BCUT2D eigenvalue weighted by Crippen LogP contribution is -1.78. The number of thioether (sulfide) groups is 1. The third kappa shape index (κ3) is 2.45. The zero-order valence-corrected chi connectivity index (χ0v) is 11.7. The van der Waals surface area contributed by atoms with Crippen LogP contribution in [-0.2, 0) is 5.75 Å². The lowest BCUT2D eigenvalue weighted by molar-refractivity contribution is 0.413. The number of aromatic nitrogens is 2. The molecule has 0 aliphatic heterocycles. The Morgan fingerprint density at radius 2 is 2.00 bits per heavy atom. The van der Waals surface area contributed by atoms with Crippen molar-refractivity contribution in [3.8, 4) is 11.5 Å². The standard InChI is InChI=1S/C15H10N2O3S/c1-2-5-12-11(4-1)16-15(19-12)21-9-10-8-14(20-17-10)13-6-3-7-18-13/h1-8H,9H2. The molecule has 0 bridgehead atoms. The fourth-order valence-corrected chi connectivity index (χ4v) is 2.68. The van der Waals surface area contributed by atoms with Crippen LogP contribution in [0.25, 0.3) is 22.6 Å². The van der Waals surface area contributed by atoms with Crippen LogP contribution in [0.5, 0.6) is 0 Å². The Kier molecular flexibility index (Phi) is 3.01. The van der Waals surface area contributed by atoms with Gasteiger partial charge in [-0.1, -0.05) is 29.1 Å². The number of fused-ring (bicyclic) bond motifs is 1. The zero-order chi connectivity index (χ0) is 14.1. The van der Waals surface area contributed by atoms with Crippen LogP contribution in [0.3, 0.4) is 0 Å². The van der Waals surface area contributed by atoms with E-state index in [4.69, 9.17) is 13.4 Å². The molecule has 0 saturated carbocycles. The monoisotopic (exact) mass is 298 g/mol. The Hall–Kier alpha value is -2.47. The van der Waals surface area contributed by atoms with E-state index in [0.717, 1.165) is 16.8 Å². The third-order valence-electron chi connectivity index (χ3n) is 2.94. The van der Waals surface area contributed by atoms with Crippen molar-refractivity contribution in [2.24, 2.45) is 0 Å². The summed E-state index contributed by atoms with van der Waals surface area (Å²) in [4.78, 5) is 4.40. The summed E-state index contributed by atoms with van der Waals surface area (Å²) in [5.41, 5.74) is 2.46. The van der Waals surface area contributed by atoms with Gasteiger partial charge in [-0.25, -0.2) is 4.98 Å². The van der Waals surface area contributed by atoms with Gasteiger partial charge in [0.2, 0.25) is 5.76 Å². The quantitative estimate of drug-likeness (QED) is 0.521. The van der Waals surface area contributed by atoms with Gasteiger partial charge in [-0.05, 0) is 24.3 Å². The van der Waals surface area contributed by atoms with E-state index >= 15 is 0 Å². The van der Waals surface area contributed by atoms with Crippen molar-refractivity contribution < 1.29 is 13.4 Å². The van der Waals surface area contributed by atoms with Crippen molar-refractivity contribution >= 4 is 22.9 Å². The first kappa shape index (κ1) is 12.3. The van der Waals surface area contributed by atoms with Gasteiger partial charge in [-0.3, -0.25) is 0 Å². The summed E-state index contributed by atoms with van der Waals surface area (Å²) in [5.74, 6) is 1.91. The van der Waals surface area contributed by atoms with E-state index in [2.05, 4.69) is 10.1 Å². The molecule has 0 amide bonds. The number of furan rings is 1. The first-order valence-electron chi connectivity index (χ1n) is 6.36. The Labute approximate surface area is 123 Å². The largest absolute Gasteiger partial charge is 0.461 e. The topological polar surface area (TPSA) is 65.2 Å². The minimum atomic E-state index is 0.619. The molecule has 0 fully saturated rings. The number of para-hydroxylation sites is 2. The summed E-state index contributed by atoms with van der Waals surface area (Å²) in [6.45, 7) is 0. The number of hydrogen-bond acceptors (Lipinski definition) is 6. The van der Waals surface area contributed by atoms with Crippen molar-refractivity contribution in [2.75, 3.05) is 0 Å². The average molecular weight is 298 g/mol. The van der Waals surface area contributed by atoms with Gasteiger partial charge in [0.05, 0.1) is 12.0 Å². The number of nitrogens with zero attached hydrogens (tertiary/aromatic N) is 2. The summed E-state index contributed by atoms with van der Waals surface area (Å²) < 4.78 is 16.2. The van der Waals surface area contributed by atoms with Gasteiger partial charge in [0, 0.05) is 11.8 Å². The van der Waals surface area contributed by atoms with Crippen LogP contribution >= 0.6 is 11.8 Å². The van der Waals surface area contributed by atoms with Crippen molar-refractivity contribution in [1.29, 1.82) is 0 Å². The Bertz CT molecular complexity index is 831. The second kappa shape index (κ2) is 5.14. The van der Waals surface area contributed by atoms with Crippen LogP contribution in [0.15, 0.2) is 67.3 Å². The first-order chi connectivity index (χ1) is 10.4. The van der Waals surface area contributed by atoms with Gasteiger partial charge in [0.1, 0.15) is 5.52 Å². The van der Waals surface area contributed by atoms with Gasteiger partial charge < -0.3 is 13.4 Å². The van der Waals surface area contributed by atoms with Gasteiger partial charge in [-0.2, -0.15) is 0 Å². The highest BCUT2D eigenvalue weighted by molar-refractivity contribution is 7.98. The predicted octanol–water partition coefficient (Wildman–Crippen LogP) is 4.37. The molecule has 3 heterocycles. The van der Waals surface area contributed by atoms with E-state index in [1.54, 1.807) is 6.26 Å². The first-order valence-corrected chi connectivity index (χ1v) is 7.35. The van der Waals surface area contributed by atoms with Gasteiger partial charge >= 0.3 is 0 Å². The number of oxazole rings is 1. The molecule has 21 heavy (non-hydrogen) atoms. The Morgan fingerprint density at radius 1 is 1.05 bits per heavy atom. The SMILES string of the molecule is c1coc(-c2cc(CSc3nc4ccccc4o3)no2)c1. The third-order valence-corrected chi connectivity index (χ3v) is 3.80. The van der Waals surface area contributed by atoms with Gasteiger partial charge in [-0.15, -0.1) is 0 Å². The van der Waals surface area contributed by atoms with Crippen LogP contribution in [0.1, 0.15) is 5.69 Å². The van der Waals surface area contributed by atoms with Gasteiger partial charge in [0.15, 0.2) is 11.3 Å². The molecule has 104 valence electrons. The molecular weight excluding hydrogens is 288 g/mol. The maximum Gasteiger partial charge on any atom is 0.257 e. The minimum absolute atomic E-state index is 0.619. The van der Waals surface area contributed by atoms with Crippen molar-refractivity contribution in [3.63, 3.8) is 0 Å². The minimum Gasteiger partial charge on any atom is -0.461 e. The van der Waals surface area contributed by atoms with Crippen molar-refractivity contribution in [3.05, 3.63) is 54.4 Å². The summed E-state index contributed by atoms with van der Waals surface area (Å²) in [6, 6.07) is 13.2. The lowest BCUT2D eigenvalue weighted by Gasteiger charge is -1.90. The number of benzene rings is 1. The highest BCUT2D eigenvalue weighted by Gasteiger charge is 2.11. The Balaban J connectivity index is 1.49. The molecule has 0 radical (unpaired) electrons. The normalized spacial score (nSPS) is 11.2. The van der Waals surface area contributed by atoms with Crippen LogP contribution in [-0.4, -0.2) is 10.1 Å². The van der Waals surface area contributed by atoms with Crippen LogP contribution < -0.4 is 0 Å². The second-order valence-corrected chi connectivity index (χ2v) is 5.32. The lowest BCUT2D eigenvalue weighted by atomic mass is 10.3. The molecule has 0 atom stereocenters. The summed E-state index contributed by atoms with van der Waals surface area (Å²) >= 11 is 1.48. The second-order valence-electron chi connectivity index (χ2n) is 4.40. The molecule has 0 saturated heterocycles. The molecule has 4 aromatic rings. The van der Waals surface area contributed by atoms with Crippen LogP contribution in [0, 0.1) is 0 Å². The van der Waals surface area contributed by atoms with E-state index in [1.165, 1.54) is 11.8 Å². The zero-order valence-electron chi connectivity index (χ0n) is 10.9. The van der Waals surface area contributed by atoms with Crippen LogP contribution in [0.4, 0.5) is 0 Å². The molecule has 6 heteroatoms. The van der Waals surface area contributed by atoms with Crippen molar-refractivity contribution in [1.82, 2.24) is 10.1 Å². The molecule has 0 N–H and O–H groups in total. The molecule has 0 spiro atoms.